The van der Waals surface area contributed by atoms with Crippen LogP contribution in [0, 0.1) is 0 Å². The van der Waals surface area contributed by atoms with Crippen molar-refractivity contribution >= 4 is 28.7 Å². The fourth-order valence-corrected chi connectivity index (χ4v) is 4.25. The maximum Gasteiger partial charge on any atom is 0.233 e. The Hall–Kier alpha value is -2.31. The van der Waals surface area contributed by atoms with Gasteiger partial charge in [0.2, 0.25) is 5.91 Å². The molecule has 0 radical (unpaired) electrons. The minimum atomic E-state index is -0.245. The molecule has 2 unspecified atom stereocenters. The van der Waals surface area contributed by atoms with E-state index in [4.69, 9.17) is 9.72 Å². The minimum Gasteiger partial charge on any atom is -0.376 e. The van der Waals surface area contributed by atoms with Gasteiger partial charge in [-0.1, -0.05) is 42.1 Å². The van der Waals surface area contributed by atoms with Crippen LogP contribution in [0.1, 0.15) is 19.8 Å². The molecule has 4 rings (SSSR count). The second-order valence-corrected chi connectivity index (χ2v) is 8.00. The fraction of sp³-hybridized carbons (Fsp3) is 0.333. The third-order valence-electron chi connectivity index (χ3n) is 4.72. The molecule has 2 aromatic carbocycles. The van der Waals surface area contributed by atoms with Crippen LogP contribution < -0.4 is 5.32 Å². The Kier molecular flexibility index (Phi) is 5.45. The van der Waals surface area contributed by atoms with Crippen LogP contribution in [0.5, 0.6) is 0 Å². The number of imidazole rings is 1. The first-order chi connectivity index (χ1) is 13.2. The summed E-state index contributed by atoms with van der Waals surface area (Å²) in [6.45, 7) is 3.30. The van der Waals surface area contributed by atoms with Gasteiger partial charge in [0.15, 0.2) is 5.16 Å². The number of ether oxygens (including phenoxy) is 1. The zero-order valence-electron chi connectivity index (χ0n) is 15.3. The van der Waals surface area contributed by atoms with Crippen LogP contribution in [0.2, 0.25) is 0 Å². The van der Waals surface area contributed by atoms with Crippen LogP contribution >= 0.6 is 11.8 Å². The maximum absolute atomic E-state index is 12.5. The molecule has 1 fully saturated rings. The number of thioether (sulfide) groups is 1. The molecule has 0 bridgehead atoms. The second-order valence-electron chi connectivity index (χ2n) is 6.69. The molecule has 1 saturated heterocycles. The molecule has 0 spiro atoms. The molecular weight excluding hydrogens is 358 g/mol. The monoisotopic (exact) mass is 381 g/mol. The zero-order chi connectivity index (χ0) is 18.6. The third kappa shape index (κ3) is 4.01. The highest BCUT2D eigenvalue weighted by atomic mass is 32.2. The second kappa shape index (κ2) is 8.15. The Morgan fingerprint density at radius 3 is 2.81 bits per heavy atom. The number of fused-ring (bicyclic) bond motifs is 1. The summed E-state index contributed by atoms with van der Waals surface area (Å²) in [5, 5.41) is 3.59. The van der Waals surface area contributed by atoms with Crippen molar-refractivity contribution in [2.24, 2.45) is 0 Å². The van der Waals surface area contributed by atoms with E-state index in [1.807, 2.05) is 43.3 Å². The van der Waals surface area contributed by atoms with E-state index in [2.05, 4.69) is 28.1 Å². The lowest BCUT2D eigenvalue weighted by Crippen LogP contribution is -2.36. The first kappa shape index (κ1) is 18.1. The number of para-hydroxylation sites is 3. The molecule has 5 nitrogen and oxygen atoms in total. The number of hydrogen-bond acceptors (Lipinski definition) is 4. The molecule has 1 aliphatic rings. The normalized spacial score (nSPS) is 17.9. The van der Waals surface area contributed by atoms with Gasteiger partial charge in [-0.3, -0.25) is 9.36 Å². The average molecular weight is 382 g/mol. The van der Waals surface area contributed by atoms with Gasteiger partial charge in [0.25, 0.3) is 0 Å². The summed E-state index contributed by atoms with van der Waals surface area (Å²) in [4.78, 5) is 17.3. The van der Waals surface area contributed by atoms with Crippen LogP contribution in [0.3, 0.4) is 0 Å². The Labute approximate surface area is 163 Å². The van der Waals surface area contributed by atoms with Gasteiger partial charge in [0.05, 0.1) is 22.4 Å². The van der Waals surface area contributed by atoms with Gasteiger partial charge in [0.1, 0.15) is 0 Å². The van der Waals surface area contributed by atoms with E-state index in [1.165, 1.54) is 11.8 Å². The SMILES string of the molecule is CC(Sc1nc2ccccc2n1-c1ccccc1)C(=O)NCC1CCCO1. The molecule has 3 aromatic rings. The molecule has 6 heteroatoms. The quantitative estimate of drug-likeness (QED) is 0.660. The summed E-state index contributed by atoms with van der Waals surface area (Å²) < 4.78 is 7.70. The van der Waals surface area contributed by atoms with Gasteiger partial charge in [-0.05, 0) is 44.0 Å². The van der Waals surface area contributed by atoms with Gasteiger partial charge >= 0.3 is 0 Å². The van der Waals surface area contributed by atoms with Crippen LogP contribution in [0.4, 0.5) is 0 Å². The van der Waals surface area contributed by atoms with Gasteiger partial charge in [-0.2, -0.15) is 0 Å². The Balaban J connectivity index is 1.55. The van der Waals surface area contributed by atoms with Crippen molar-refractivity contribution in [1.82, 2.24) is 14.9 Å². The first-order valence-electron chi connectivity index (χ1n) is 9.31. The van der Waals surface area contributed by atoms with Crippen LogP contribution in [-0.4, -0.2) is 40.0 Å². The molecular formula is C21H23N3O2S. The van der Waals surface area contributed by atoms with E-state index < -0.39 is 0 Å². The number of benzene rings is 2. The molecule has 1 N–H and O–H groups in total. The van der Waals surface area contributed by atoms with Crippen LogP contribution in [0.25, 0.3) is 16.7 Å². The Bertz CT molecular complexity index is 920. The van der Waals surface area contributed by atoms with E-state index in [9.17, 15) is 4.79 Å². The van der Waals surface area contributed by atoms with Gasteiger partial charge < -0.3 is 10.1 Å². The smallest absolute Gasteiger partial charge is 0.233 e. The van der Waals surface area contributed by atoms with Gasteiger partial charge in [-0.25, -0.2) is 4.98 Å². The van der Waals surface area contributed by atoms with Crippen molar-refractivity contribution in [3.05, 3.63) is 54.6 Å². The molecule has 27 heavy (non-hydrogen) atoms. The van der Waals surface area contributed by atoms with Crippen molar-refractivity contribution < 1.29 is 9.53 Å². The first-order valence-corrected chi connectivity index (χ1v) is 10.2. The van der Waals surface area contributed by atoms with Gasteiger partial charge in [-0.15, -0.1) is 0 Å². The molecule has 0 saturated carbocycles. The molecule has 1 aromatic heterocycles. The Morgan fingerprint density at radius 2 is 2.04 bits per heavy atom. The summed E-state index contributed by atoms with van der Waals surface area (Å²) in [6, 6.07) is 18.2. The van der Waals surface area contributed by atoms with Crippen molar-refractivity contribution in [2.45, 2.75) is 36.3 Å². The maximum atomic E-state index is 12.5. The molecule has 2 atom stereocenters. The summed E-state index contributed by atoms with van der Waals surface area (Å²) >= 11 is 1.48. The number of amides is 1. The van der Waals surface area contributed by atoms with E-state index >= 15 is 0 Å². The van der Waals surface area contributed by atoms with Crippen LogP contribution in [-0.2, 0) is 9.53 Å². The third-order valence-corrected chi connectivity index (χ3v) is 5.78. The number of carbonyl (C=O) groups is 1. The Morgan fingerprint density at radius 1 is 1.26 bits per heavy atom. The van der Waals surface area contributed by atoms with E-state index in [-0.39, 0.29) is 17.3 Å². The highest BCUT2D eigenvalue weighted by molar-refractivity contribution is 8.00. The molecule has 140 valence electrons. The lowest BCUT2D eigenvalue weighted by atomic mass is 10.2. The highest BCUT2D eigenvalue weighted by Crippen LogP contribution is 2.30. The zero-order valence-corrected chi connectivity index (χ0v) is 16.1. The number of carbonyl (C=O) groups excluding carboxylic acids is 1. The van der Waals surface area contributed by atoms with Crippen LogP contribution in [0.15, 0.2) is 59.8 Å². The number of nitrogens with one attached hydrogen (secondary N) is 1. The lowest BCUT2D eigenvalue weighted by Gasteiger charge is -2.15. The number of rotatable bonds is 6. The molecule has 1 aliphatic heterocycles. The predicted octanol–water partition coefficient (Wildman–Crippen LogP) is 3.80. The van der Waals surface area contributed by atoms with Crippen molar-refractivity contribution in [3.8, 4) is 5.69 Å². The summed E-state index contributed by atoms with van der Waals surface area (Å²) in [7, 11) is 0. The minimum absolute atomic E-state index is 0.0159. The number of hydrogen-bond donors (Lipinski definition) is 1. The predicted molar refractivity (Wildman–Crippen MR) is 108 cm³/mol. The number of nitrogens with zero attached hydrogens (tertiary/aromatic N) is 2. The van der Waals surface area contributed by atoms with E-state index in [0.29, 0.717) is 6.54 Å². The molecule has 0 aliphatic carbocycles. The lowest BCUT2D eigenvalue weighted by molar-refractivity contribution is -0.120. The summed E-state index contributed by atoms with van der Waals surface area (Å²) in [5.74, 6) is 0.0159. The van der Waals surface area contributed by atoms with Crippen molar-refractivity contribution in [2.75, 3.05) is 13.2 Å². The van der Waals surface area contributed by atoms with Crippen molar-refractivity contribution in [1.29, 1.82) is 0 Å². The van der Waals surface area contributed by atoms with Crippen molar-refractivity contribution in [3.63, 3.8) is 0 Å². The standard InChI is InChI=1S/C21H23N3O2S/c1-15(20(25)22-14-17-10-7-13-26-17)27-21-23-18-11-5-6-12-19(18)24(21)16-8-3-2-4-9-16/h2-6,8-9,11-12,15,17H,7,10,13-14H2,1H3,(H,22,25). The summed E-state index contributed by atoms with van der Waals surface area (Å²) in [6.07, 6.45) is 2.25. The van der Waals surface area contributed by atoms with E-state index in [1.54, 1.807) is 0 Å². The largest absolute Gasteiger partial charge is 0.376 e. The fourth-order valence-electron chi connectivity index (χ4n) is 3.28. The highest BCUT2D eigenvalue weighted by Gasteiger charge is 2.22. The average Bonchev–Trinajstić information content (AvgIpc) is 3.34. The molecule has 2 heterocycles. The summed E-state index contributed by atoms with van der Waals surface area (Å²) in [5.41, 5.74) is 3.01. The van der Waals surface area contributed by atoms with E-state index in [0.717, 1.165) is 41.3 Å². The molecule has 1 amide bonds. The topological polar surface area (TPSA) is 56.2 Å². The number of aromatic nitrogens is 2. The van der Waals surface area contributed by atoms with Gasteiger partial charge in [0, 0.05) is 18.8 Å².